The summed E-state index contributed by atoms with van der Waals surface area (Å²) in [5.74, 6) is -6.61. The maximum Gasteiger partial charge on any atom is 0.377 e. The lowest BCUT2D eigenvalue weighted by Crippen LogP contribution is -2.35. The largest absolute Gasteiger partial charge is 0.477 e. The highest BCUT2D eigenvalue weighted by Gasteiger charge is 2.47. The number of halogens is 3. The van der Waals surface area contributed by atoms with Gasteiger partial charge in [0.05, 0.1) is 0 Å². The number of aromatic nitrogens is 1. The lowest BCUT2D eigenvalue weighted by Gasteiger charge is -2.18. The zero-order valence-electron chi connectivity index (χ0n) is 7.19. The van der Waals surface area contributed by atoms with Crippen LogP contribution in [-0.4, -0.2) is 27.1 Å². The first-order valence-electron chi connectivity index (χ1n) is 3.75. The van der Waals surface area contributed by atoms with Crippen molar-refractivity contribution in [2.75, 3.05) is 0 Å². The first kappa shape index (κ1) is 12.0. The minimum atomic E-state index is -4.23. The van der Waals surface area contributed by atoms with Gasteiger partial charge in [-0.1, -0.05) is 0 Å². The summed E-state index contributed by atoms with van der Waals surface area (Å²) in [4.78, 5) is 13.7. The SMILES string of the molecule is O=C(O)C(F)(F)C(O)c1cncc(Br)c1. The molecule has 0 saturated carbocycles. The zero-order valence-corrected chi connectivity index (χ0v) is 8.78. The summed E-state index contributed by atoms with van der Waals surface area (Å²) in [5, 5.41) is 17.4. The summed E-state index contributed by atoms with van der Waals surface area (Å²) < 4.78 is 26.1. The Labute approximate surface area is 91.7 Å². The number of carboxylic acid groups (broad SMARTS) is 1. The van der Waals surface area contributed by atoms with Gasteiger partial charge < -0.3 is 10.2 Å². The fraction of sp³-hybridized carbons (Fsp3) is 0.250. The first-order valence-corrected chi connectivity index (χ1v) is 4.54. The summed E-state index contributed by atoms with van der Waals surface area (Å²) in [7, 11) is 0. The van der Waals surface area contributed by atoms with Crippen LogP contribution in [0.15, 0.2) is 22.9 Å². The van der Waals surface area contributed by atoms with E-state index in [4.69, 9.17) is 10.2 Å². The molecule has 0 aromatic carbocycles. The van der Waals surface area contributed by atoms with Crippen LogP contribution >= 0.6 is 15.9 Å². The summed E-state index contributed by atoms with van der Waals surface area (Å²) in [6.45, 7) is 0. The van der Waals surface area contributed by atoms with Crippen molar-refractivity contribution in [3.8, 4) is 0 Å². The zero-order chi connectivity index (χ0) is 11.6. The van der Waals surface area contributed by atoms with E-state index in [2.05, 4.69) is 20.9 Å². The molecule has 1 unspecified atom stereocenters. The third kappa shape index (κ3) is 2.48. The molecule has 2 N–H and O–H groups in total. The average molecular weight is 282 g/mol. The molecule has 0 aliphatic rings. The number of rotatable bonds is 3. The van der Waals surface area contributed by atoms with Gasteiger partial charge in [0.2, 0.25) is 0 Å². The van der Waals surface area contributed by atoms with E-state index in [9.17, 15) is 13.6 Å². The van der Waals surface area contributed by atoms with Crippen LogP contribution in [0.2, 0.25) is 0 Å². The molecule has 1 aromatic rings. The molecular formula is C8H6BrF2NO3. The quantitative estimate of drug-likeness (QED) is 0.883. The Morgan fingerprint density at radius 1 is 1.53 bits per heavy atom. The molecule has 0 fully saturated rings. The van der Waals surface area contributed by atoms with Crippen LogP contribution in [0.4, 0.5) is 8.78 Å². The third-order valence-corrected chi connectivity index (χ3v) is 2.10. The predicted octanol–water partition coefficient (Wildman–Crippen LogP) is 1.60. The van der Waals surface area contributed by atoms with Crippen LogP contribution in [-0.2, 0) is 4.79 Å². The fourth-order valence-corrected chi connectivity index (χ4v) is 1.29. The van der Waals surface area contributed by atoms with Crippen molar-refractivity contribution in [1.29, 1.82) is 0 Å². The minimum absolute atomic E-state index is 0.267. The van der Waals surface area contributed by atoms with Crippen molar-refractivity contribution in [2.24, 2.45) is 0 Å². The molecule has 0 bridgehead atoms. The highest BCUT2D eigenvalue weighted by molar-refractivity contribution is 9.10. The van der Waals surface area contributed by atoms with Crippen LogP contribution in [0, 0.1) is 0 Å². The van der Waals surface area contributed by atoms with Gasteiger partial charge >= 0.3 is 11.9 Å². The Balaban J connectivity index is 3.04. The number of hydrogen-bond acceptors (Lipinski definition) is 3. The second-order valence-corrected chi connectivity index (χ2v) is 3.68. The monoisotopic (exact) mass is 281 g/mol. The Hall–Kier alpha value is -1.08. The number of aliphatic hydroxyl groups is 1. The molecule has 0 aliphatic heterocycles. The van der Waals surface area contributed by atoms with Crippen LogP contribution in [0.5, 0.6) is 0 Å². The number of nitrogens with zero attached hydrogens (tertiary/aromatic N) is 1. The Morgan fingerprint density at radius 2 is 2.13 bits per heavy atom. The van der Waals surface area contributed by atoms with E-state index in [-0.39, 0.29) is 5.56 Å². The number of carbonyl (C=O) groups is 1. The van der Waals surface area contributed by atoms with Crippen LogP contribution in [0.25, 0.3) is 0 Å². The standard InChI is InChI=1S/C8H6BrF2NO3/c9-5-1-4(2-12-3-5)6(13)8(10,11)7(14)15/h1-3,6,13H,(H,14,15). The van der Waals surface area contributed by atoms with Crippen molar-refractivity contribution in [1.82, 2.24) is 4.98 Å². The Kier molecular flexibility index (Phi) is 3.35. The second-order valence-electron chi connectivity index (χ2n) is 2.77. The van der Waals surface area contributed by atoms with Gasteiger partial charge in [0.15, 0.2) is 6.10 Å². The third-order valence-electron chi connectivity index (χ3n) is 1.67. The molecule has 1 atom stereocenters. The number of hydrogen-bond donors (Lipinski definition) is 2. The highest BCUT2D eigenvalue weighted by atomic mass is 79.9. The number of carboxylic acids is 1. The molecule has 0 radical (unpaired) electrons. The van der Waals surface area contributed by atoms with E-state index >= 15 is 0 Å². The lowest BCUT2D eigenvalue weighted by molar-refractivity contribution is -0.182. The summed E-state index contributed by atoms with van der Waals surface area (Å²) >= 11 is 2.97. The van der Waals surface area contributed by atoms with Crippen molar-refractivity contribution < 1.29 is 23.8 Å². The topological polar surface area (TPSA) is 70.4 Å². The Morgan fingerprint density at radius 3 is 2.60 bits per heavy atom. The van der Waals surface area contributed by atoms with Gasteiger partial charge in [0, 0.05) is 22.4 Å². The number of pyridine rings is 1. The van der Waals surface area contributed by atoms with Crippen molar-refractivity contribution >= 4 is 21.9 Å². The molecule has 82 valence electrons. The van der Waals surface area contributed by atoms with E-state index in [1.807, 2.05) is 0 Å². The minimum Gasteiger partial charge on any atom is -0.477 e. The van der Waals surface area contributed by atoms with Gasteiger partial charge in [-0.15, -0.1) is 0 Å². The number of aliphatic carboxylic acids is 1. The summed E-state index contributed by atoms with van der Waals surface area (Å²) in [6.07, 6.45) is -0.110. The van der Waals surface area contributed by atoms with E-state index in [0.717, 1.165) is 6.20 Å². The molecule has 0 spiro atoms. The Bertz CT molecular complexity index is 386. The van der Waals surface area contributed by atoms with Crippen molar-refractivity contribution in [3.63, 3.8) is 0 Å². The molecule has 0 aliphatic carbocycles. The van der Waals surface area contributed by atoms with E-state index in [1.165, 1.54) is 12.3 Å². The first-order chi connectivity index (χ1) is 6.85. The fourth-order valence-electron chi connectivity index (χ4n) is 0.904. The molecule has 1 heterocycles. The van der Waals surface area contributed by atoms with E-state index in [1.54, 1.807) is 0 Å². The van der Waals surface area contributed by atoms with Gasteiger partial charge in [0.25, 0.3) is 0 Å². The van der Waals surface area contributed by atoms with Gasteiger partial charge in [-0.3, -0.25) is 4.98 Å². The molecule has 0 amide bonds. The van der Waals surface area contributed by atoms with Gasteiger partial charge in [-0.05, 0) is 22.0 Å². The van der Waals surface area contributed by atoms with E-state index in [0.29, 0.717) is 4.47 Å². The normalized spacial score (nSPS) is 13.6. The average Bonchev–Trinajstić information content (AvgIpc) is 2.16. The van der Waals surface area contributed by atoms with Gasteiger partial charge in [-0.2, -0.15) is 8.78 Å². The van der Waals surface area contributed by atoms with Crippen molar-refractivity contribution in [2.45, 2.75) is 12.0 Å². The molecule has 7 heteroatoms. The van der Waals surface area contributed by atoms with Gasteiger partial charge in [0.1, 0.15) is 0 Å². The maximum atomic E-state index is 12.9. The second kappa shape index (κ2) is 4.19. The molecule has 1 aromatic heterocycles. The molecule has 4 nitrogen and oxygen atoms in total. The lowest BCUT2D eigenvalue weighted by atomic mass is 10.1. The predicted molar refractivity (Wildman–Crippen MR) is 49.5 cm³/mol. The van der Waals surface area contributed by atoms with Crippen LogP contribution < -0.4 is 0 Å². The molecule has 15 heavy (non-hydrogen) atoms. The van der Waals surface area contributed by atoms with Crippen LogP contribution in [0.1, 0.15) is 11.7 Å². The molecule has 1 rings (SSSR count). The van der Waals surface area contributed by atoms with Crippen molar-refractivity contribution in [3.05, 3.63) is 28.5 Å². The molecular weight excluding hydrogens is 276 g/mol. The molecule has 0 saturated heterocycles. The van der Waals surface area contributed by atoms with Gasteiger partial charge in [-0.25, -0.2) is 4.79 Å². The summed E-state index contributed by atoms with van der Waals surface area (Å²) in [6, 6.07) is 1.18. The smallest absolute Gasteiger partial charge is 0.377 e. The highest BCUT2D eigenvalue weighted by Crippen LogP contribution is 2.31. The van der Waals surface area contributed by atoms with Crippen LogP contribution in [0.3, 0.4) is 0 Å². The number of alkyl halides is 2. The van der Waals surface area contributed by atoms with E-state index < -0.39 is 18.0 Å². The maximum absolute atomic E-state index is 12.9. The number of aliphatic hydroxyl groups excluding tert-OH is 1. The summed E-state index contributed by atoms with van der Waals surface area (Å²) in [5.41, 5.74) is -0.267.